The van der Waals surface area contributed by atoms with Crippen molar-refractivity contribution in [1.82, 2.24) is 0 Å². The smallest absolute Gasteiger partial charge is 0.305 e. The van der Waals surface area contributed by atoms with Crippen LogP contribution in [0.2, 0.25) is 19.1 Å². The summed E-state index contributed by atoms with van der Waals surface area (Å²) in [5.41, 5.74) is 0. The highest BCUT2D eigenvalue weighted by Gasteiger charge is 2.20. The van der Waals surface area contributed by atoms with Crippen molar-refractivity contribution in [1.29, 1.82) is 0 Å². The number of carbonyl (C=O) groups excluding carboxylic acids is 1. The van der Waals surface area contributed by atoms with Crippen LogP contribution in [0.5, 0.6) is 0 Å². The highest BCUT2D eigenvalue weighted by atomic mass is 28.4. The minimum atomic E-state index is -1.43. The minimum absolute atomic E-state index is 0.101. The average Bonchev–Trinajstić information content (AvgIpc) is 2.16. The quantitative estimate of drug-likeness (QED) is 0.367. The Labute approximate surface area is 94.3 Å². The average molecular weight is 232 g/mol. The molecule has 15 heavy (non-hydrogen) atoms. The molecule has 0 aromatic rings. The Morgan fingerprint density at radius 3 is 2.40 bits per heavy atom. The second kappa shape index (κ2) is 7.88. The number of rotatable bonds is 8. The Hall–Kier alpha value is -0.353. The Balaban J connectivity index is 3.41. The number of esters is 1. The Morgan fingerprint density at radius 1 is 1.20 bits per heavy atom. The molecule has 0 unspecified atom stereocenters. The van der Waals surface area contributed by atoms with E-state index in [4.69, 9.17) is 9.16 Å². The minimum Gasteiger partial charge on any atom is -0.466 e. The lowest BCUT2D eigenvalue weighted by Gasteiger charge is -2.21. The van der Waals surface area contributed by atoms with Crippen molar-refractivity contribution in [3.05, 3.63) is 0 Å². The molecular weight excluding hydrogens is 208 g/mol. The fourth-order valence-electron chi connectivity index (χ4n) is 1.40. The second-order valence-corrected chi connectivity index (χ2v) is 8.53. The molecule has 0 fully saturated rings. The Morgan fingerprint density at radius 2 is 1.87 bits per heavy atom. The first kappa shape index (κ1) is 14.6. The molecule has 0 aromatic heterocycles. The molecule has 0 aliphatic carbocycles. The predicted octanol–water partition coefficient (Wildman–Crippen LogP) is 2.96. The van der Waals surface area contributed by atoms with Crippen molar-refractivity contribution in [2.45, 2.75) is 52.2 Å². The fourth-order valence-corrected chi connectivity index (χ4v) is 3.43. The van der Waals surface area contributed by atoms with E-state index in [1.807, 2.05) is 13.8 Å². The van der Waals surface area contributed by atoms with Crippen molar-refractivity contribution in [2.24, 2.45) is 0 Å². The van der Waals surface area contributed by atoms with Crippen molar-refractivity contribution >= 4 is 14.3 Å². The van der Waals surface area contributed by atoms with E-state index in [1.165, 1.54) is 0 Å². The van der Waals surface area contributed by atoms with Crippen LogP contribution in [0, 0.1) is 0 Å². The standard InChI is InChI=1S/C11H24O3Si/c1-5-11(12)13-9-7-8-10-15(3,4)14-6-2/h5-10H2,1-4H3. The van der Waals surface area contributed by atoms with Crippen LogP contribution in [0.15, 0.2) is 0 Å². The molecule has 3 nitrogen and oxygen atoms in total. The van der Waals surface area contributed by atoms with Gasteiger partial charge in [-0.1, -0.05) is 13.3 Å². The molecule has 0 saturated heterocycles. The summed E-state index contributed by atoms with van der Waals surface area (Å²) in [5, 5.41) is 0. The summed E-state index contributed by atoms with van der Waals surface area (Å²) >= 11 is 0. The fraction of sp³-hybridized carbons (Fsp3) is 0.909. The molecule has 0 bridgehead atoms. The molecule has 0 amide bonds. The number of hydrogen-bond donors (Lipinski definition) is 0. The maximum absolute atomic E-state index is 10.8. The summed E-state index contributed by atoms with van der Waals surface area (Å²) in [6.07, 6.45) is 2.52. The van der Waals surface area contributed by atoms with E-state index in [1.54, 1.807) is 0 Å². The molecule has 0 heterocycles. The van der Waals surface area contributed by atoms with E-state index in [0.717, 1.165) is 25.5 Å². The van der Waals surface area contributed by atoms with Crippen molar-refractivity contribution in [2.75, 3.05) is 13.2 Å². The first-order valence-electron chi connectivity index (χ1n) is 5.81. The molecule has 0 N–H and O–H groups in total. The van der Waals surface area contributed by atoms with Crippen LogP contribution in [-0.2, 0) is 14.0 Å². The molecule has 0 aromatic carbocycles. The highest BCUT2D eigenvalue weighted by molar-refractivity contribution is 6.71. The number of carbonyl (C=O) groups is 1. The largest absolute Gasteiger partial charge is 0.466 e. The van der Waals surface area contributed by atoms with Crippen LogP contribution in [0.25, 0.3) is 0 Å². The lowest BCUT2D eigenvalue weighted by atomic mass is 10.3. The van der Waals surface area contributed by atoms with E-state index < -0.39 is 8.32 Å². The van der Waals surface area contributed by atoms with Gasteiger partial charge in [0, 0.05) is 13.0 Å². The summed E-state index contributed by atoms with van der Waals surface area (Å²) < 4.78 is 10.7. The summed E-state index contributed by atoms with van der Waals surface area (Å²) in [7, 11) is -1.43. The summed E-state index contributed by atoms with van der Waals surface area (Å²) in [4.78, 5) is 10.8. The van der Waals surface area contributed by atoms with Crippen LogP contribution in [0.3, 0.4) is 0 Å². The zero-order valence-corrected chi connectivity index (χ0v) is 11.5. The molecule has 90 valence electrons. The summed E-state index contributed by atoms with van der Waals surface area (Å²) in [6, 6.07) is 1.14. The van der Waals surface area contributed by atoms with Crippen molar-refractivity contribution in [3.63, 3.8) is 0 Å². The van der Waals surface area contributed by atoms with Gasteiger partial charge < -0.3 is 9.16 Å². The highest BCUT2D eigenvalue weighted by Crippen LogP contribution is 2.14. The number of unbranched alkanes of at least 4 members (excludes halogenated alkanes) is 1. The first-order chi connectivity index (χ1) is 7.02. The van der Waals surface area contributed by atoms with Crippen LogP contribution >= 0.6 is 0 Å². The molecule has 0 spiro atoms. The topological polar surface area (TPSA) is 35.5 Å². The van der Waals surface area contributed by atoms with Gasteiger partial charge in [0.1, 0.15) is 0 Å². The number of hydrogen-bond acceptors (Lipinski definition) is 3. The van der Waals surface area contributed by atoms with Gasteiger partial charge in [0.25, 0.3) is 0 Å². The Bertz CT molecular complexity index is 181. The summed E-state index contributed by atoms with van der Waals surface area (Å²) in [6.45, 7) is 9.68. The zero-order valence-electron chi connectivity index (χ0n) is 10.5. The third-order valence-electron chi connectivity index (χ3n) is 2.26. The van der Waals surface area contributed by atoms with E-state index in [-0.39, 0.29) is 5.97 Å². The van der Waals surface area contributed by atoms with Crippen molar-refractivity contribution < 1.29 is 14.0 Å². The molecule has 0 saturated carbocycles. The van der Waals surface area contributed by atoms with E-state index in [0.29, 0.717) is 13.0 Å². The van der Waals surface area contributed by atoms with Gasteiger partial charge in [0.05, 0.1) is 6.61 Å². The normalized spacial score (nSPS) is 11.5. The van der Waals surface area contributed by atoms with Gasteiger partial charge in [-0.25, -0.2) is 0 Å². The van der Waals surface area contributed by atoms with Gasteiger partial charge >= 0.3 is 5.97 Å². The third kappa shape index (κ3) is 8.63. The van der Waals surface area contributed by atoms with Gasteiger partial charge in [0.2, 0.25) is 0 Å². The van der Waals surface area contributed by atoms with Gasteiger partial charge in [-0.2, -0.15) is 0 Å². The monoisotopic (exact) mass is 232 g/mol. The predicted molar refractivity (Wildman–Crippen MR) is 64.4 cm³/mol. The molecule has 0 aliphatic heterocycles. The SMILES string of the molecule is CCO[Si](C)(C)CCCCOC(=O)CC. The molecule has 0 rings (SSSR count). The molecule has 0 aliphatic rings. The molecular formula is C11H24O3Si. The lowest BCUT2D eigenvalue weighted by Crippen LogP contribution is -2.29. The molecule has 0 radical (unpaired) electrons. The van der Waals surface area contributed by atoms with Crippen molar-refractivity contribution in [3.8, 4) is 0 Å². The van der Waals surface area contributed by atoms with Crippen LogP contribution in [-0.4, -0.2) is 27.5 Å². The van der Waals surface area contributed by atoms with Crippen LogP contribution < -0.4 is 0 Å². The van der Waals surface area contributed by atoms with Crippen LogP contribution in [0.1, 0.15) is 33.1 Å². The second-order valence-electron chi connectivity index (χ2n) is 4.22. The van der Waals surface area contributed by atoms with E-state index >= 15 is 0 Å². The lowest BCUT2D eigenvalue weighted by molar-refractivity contribution is -0.143. The van der Waals surface area contributed by atoms with Gasteiger partial charge in [-0.05, 0) is 32.5 Å². The first-order valence-corrected chi connectivity index (χ1v) is 8.93. The Kier molecular flexibility index (Phi) is 7.69. The van der Waals surface area contributed by atoms with E-state index in [2.05, 4.69) is 13.1 Å². The third-order valence-corrected chi connectivity index (χ3v) is 4.89. The maximum Gasteiger partial charge on any atom is 0.305 e. The van der Waals surface area contributed by atoms with Crippen LogP contribution in [0.4, 0.5) is 0 Å². The van der Waals surface area contributed by atoms with Gasteiger partial charge in [-0.3, -0.25) is 4.79 Å². The van der Waals surface area contributed by atoms with Gasteiger partial charge in [-0.15, -0.1) is 0 Å². The van der Waals surface area contributed by atoms with Gasteiger partial charge in [0.15, 0.2) is 8.32 Å². The maximum atomic E-state index is 10.8. The number of ether oxygens (including phenoxy) is 1. The molecule has 0 atom stereocenters. The van der Waals surface area contributed by atoms with E-state index in [9.17, 15) is 4.79 Å². The summed E-state index contributed by atoms with van der Waals surface area (Å²) in [5.74, 6) is -0.101. The zero-order chi connectivity index (χ0) is 11.7. The molecule has 4 heteroatoms.